The molecule has 0 saturated carbocycles. The van der Waals surface area contributed by atoms with Crippen LogP contribution in [-0.2, 0) is 34.0 Å². The SMILES string of the molecule is C=C(/C=C(N)\C=C(/C)C(=O)NCC)c1cnc(NCC)c(=O)n1CCNCc1ccc(C(=N)NC(=O)OCc2ccccc2)cc1.C=O.CCC. The summed E-state index contributed by atoms with van der Waals surface area (Å²) < 4.78 is 6.76. The van der Waals surface area contributed by atoms with E-state index in [0.29, 0.717) is 60.8 Å². The lowest BCUT2D eigenvalue weighted by Gasteiger charge is -2.15. The number of anilines is 1. The van der Waals surface area contributed by atoms with E-state index < -0.39 is 6.09 Å². The van der Waals surface area contributed by atoms with Gasteiger partial charge in [-0.3, -0.25) is 20.3 Å². The van der Waals surface area contributed by atoms with Crippen molar-refractivity contribution in [2.75, 3.05) is 25.0 Å². The Kier molecular flexibility index (Phi) is 20.6. The Morgan fingerprint density at radius 1 is 0.980 bits per heavy atom. The number of carbonyl (C=O) groups excluding carboxylic acids is 3. The van der Waals surface area contributed by atoms with E-state index in [1.807, 2.05) is 63.1 Å². The van der Waals surface area contributed by atoms with Gasteiger partial charge >= 0.3 is 6.09 Å². The summed E-state index contributed by atoms with van der Waals surface area (Å²) in [6.45, 7) is 18.2. The molecule has 0 unspecified atom stereocenters. The van der Waals surface area contributed by atoms with Crippen LogP contribution in [0.1, 0.15) is 63.4 Å². The second kappa shape index (κ2) is 24.3. The minimum absolute atomic E-state index is 0.0663. The van der Waals surface area contributed by atoms with Gasteiger partial charge in [-0.1, -0.05) is 81.4 Å². The molecule has 274 valence electrons. The second-order valence-electron chi connectivity index (χ2n) is 11.0. The molecule has 0 bridgehead atoms. The van der Waals surface area contributed by atoms with Gasteiger partial charge in [0, 0.05) is 49.6 Å². The van der Waals surface area contributed by atoms with Crippen LogP contribution in [0.5, 0.6) is 0 Å². The molecule has 2 amide bonds. The Balaban J connectivity index is 0.00000246. The van der Waals surface area contributed by atoms with Gasteiger partial charge in [0.1, 0.15) is 19.2 Å². The molecule has 0 atom stereocenters. The number of benzene rings is 2. The van der Waals surface area contributed by atoms with E-state index in [9.17, 15) is 14.4 Å². The van der Waals surface area contributed by atoms with Crippen LogP contribution >= 0.6 is 0 Å². The molecule has 0 saturated heterocycles. The van der Waals surface area contributed by atoms with Crippen molar-refractivity contribution in [3.8, 4) is 0 Å². The van der Waals surface area contributed by atoms with Gasteiger partial charge in [-0.25, -0.2) is 9.78 Å². The average molecular weight is 701 g/mol. The zero-order valence-electron chi connectivity index (χ0n) is 30.3. The fourth-order valence-corrected chi connectivity index (χ4v) is 4.33. The molecular formula is C38H52N8O5. The number of rotatable bonds is 15. The normalized spacial score (nSPS) is 10.8. The van der Waals surface area contributed by atoms with Crippen LogP contribution in [-0.4, -0.2) is 53.8 Å². The molecule has 3 aromatic rings. The quantitative estimate of drug-likeness (QED) is 0.0421. The molecule has 0 radical (unpaired) electrons. The van der Waals surface area contributed by atoms with Crippen molar-refractivity contribution in [2.45, 2.75) is 60.7 Å². The number of carbonyl (C=O) groups is 3. The predicted molar refractivity (Wildman–Crippen MR) is 204 cm³/mol. The topological polar surface area (TPSA) is 193 Å². The molecule has 7 N–H and O–H groups in total. The molecule has 1 aromatic heterocycles. The van der Waals surface area contributed by atoms with Gasteiger partial charge in [0.2, 0.25) is 5.91 Å². The van der Waals surface area contributed by atoms with E-state index >= 15 is 0 Å². The Bertz CT molecular complexity index is 1680. The molecule has 0 aliphatic carbocycles. The van der Waals surface area contributed by atoms with E-state index in [1.165, 1.54) is 6.42 Å². The number of aromatic nitrogens is 2. The molecule has 13 heteroatoms. The molecule has 1 heterocycles. The van der Waals surface area contributed by atoms with Crippen LogP contribution in [0, 0.1) is 5.41 Å². The van der Waals surface area contributed by atoms with E-state index in [2.05, 4.69) is 46.7 Å². The summed E-state index contributed by atoms with van der Waals surface area (Å²) >= 11 is 0. The minimum Gasteiger partial charge on any atom is -0.444 e. The predicted octanol–water partition coefficient (Wildman–Crippen LogP) is 4.89. The number of ether oxygens (including phenoxy) is 1. The highest BCUT2D eigenvalue weighted by molar-refractivity contribution is 6.04. The van der Waals surface area contributed by atoms with Crippen molar-refractivity contribution in [2.24, 2.45) is 5.73 Å². The van der Waals surface area contributed by atoms with Crippen molar-refractivity contribution < 1.29 is 19.1 Å². The first kappa shape index (κ1) is 43.2. The third-order valence-corrected chi connectivity index (χ3v) is 6.67. The highest BCUT2D eigenvalue weighted by Crippen LogP contribution is 2.15. The summed E-state index contributed by atoms with van der Waals surface area (Å²) in [5, 5.41) is 19.7. The number of alkyl carbamates (subject to hydrolysis) is 1. The molecule has 0 aliphatic heterocycles. The monoisotopic (exact) mass is 700 g/mol. The standard InChI is InChI=1S/C34H42N8O4.C3H8.CH2O/c1-5-38-31-33(44)42(29(21-40-31)23(3)18-28(35)19-24(4)32(43)39-6-2)17-16-37-20-25-12-14-27(15-13-25)30(36)41-34(45)46-22-26-10-8-7-9-11-26;1-3-2;1-2/h7-15,18-19,21,37H,3,5-6,16-17,20,22,35H2,1-2,4H3,(H,38,40)(H,39,43)(H2,36,41,45);3H2,1-2H3;1H2/b24-19+,28-18+;;. The van der Waals surface area contributed by atoms with Gasteiger partial charge in [-0.15, -0.1) is 0 Å². The van der Waals surface area contributed by atoms with Crippen LogP contribution in [0.25, 0.3) is 5.57 Å². The zero-order chi connectivity index (χ0) is 38.2. The molecule has 2 aromatic carbocycles. The zero-order valence-corrected chi connectivity index (χ0v) is 30.3. The highest BCUT2D eigenvalue weighted by Gasteiger charge is 2.13. The number of hydrogen-bond acceptors (Lipinski definition) is 10. The maximum atomic E-state index is 13.3. The van der Waals surface area contributed by atoms with Crippen LogP contribution in [0.4, 0.5) is 10.6 Å². The Labute approximate surface area is 300 Å². The molecule has 0 fully saturated rings. The Morgan fingerprint density at radius 3 is 2.24 bits per heavy atom. The van der Waals surface area contributed by atoms with Crippen molar-refractivity contribution >= 4 is 36.0 Å². The first-order chi connectivity index (χ1) is 24.5. The number of nitrogens with zero attached hydrogens (tertiary/aromatic N) is 2. The van der Waals surface area contributed by atoms with Gasteiger partial charge < -0.3 is 35.8 Å². The van der Waals surface area contributed by atoms with Gasteiger partial charge in [-0.2, -0.15) is 0 Å². The third-order valence-electron chi connectivity index (χ3n) is 6.67. The lowest BCUT2D eigenvalue weighted by molar-refractivity contribution is -0.117. The summed E-state index contributed by atoms with van der Waals surface area (Å²) in [6.07, 6.45) is 5.29. The van der Waals surface area contributed by atoms with Gasteiger partial charge in [0.15, 0.2) is 5.82 Å². The maximum absolute atomic E-state index is 13.3. The second-order valence-corrected chi connectivity index (χ2v) is 11.0. The van der Waals surface area contributed by atoms with Gasteiger partial charge in [0.05, 0.1) is 11.9 Å². The molecule has 3 rings (SSSR count). The van der Waals surface area contributed by atoms with E-state index in [0.717, 1.165) is 11.1 Å². The maximum Gasteiger partial charge on any atom is 0.413 e. The molecule has 0 spiro atoms. The number of likely N-dealkylation sites (N-methyl/N-ethyl adjacent to an activating group) is 1. The summed E-state index contributed by atoms with van der Waals surface area (Å²) in [7, 11) is 0. The van der Waals surface area contributed by atoms with Gasteiger partial charge in [0.25, 0.3) is 5.56 Å². The Hall–Kier alpha value is -5.82. The number of nitrogens with two attached hydrogens (primary N) is 1. The Morgan fingerprint density at radius 2 is 1.63 bits per heavy atom. The molecule has 51 heavy (non-hydrogen) atoms. The first-order valence-corrected chi connectivity index (χ1v) is 16.7. The molecule has 13 nitrogen and oxygen atoms in total. The average Bonchev–Trinajstić information content (AvgIpc) is 3.12. The fourth-order valence-electron chi connectivity index (χ4n) is 4.33. The number of hydrogen-bond donors (Lipinski definition) is 6. The van der Waals surface area contributed by atoms with Crippen molar-refractivity contribution in [1.82, 2.24) is 25.5 Å². The van der Waals surface area contributed by atoms with Crippen LogP contribution in [0.15, 0.2) is 95.6 Å². The van der Waals surface area contributed by atoms with E-state index in [1.54, 1.807) is 42.0 Å². The largest absolute Gasteiger partial charge is 0.444 e. The third kappa shape index (κ3) is 15.5. The number of allylic oxidation sites excluding steroid dienone is 3. The van der Waals surface area contributed by atoms with Crippen molar-refractivity contribution in [3.63, 3.8) is 0 Å². The summed E-state index contributed by atoms with van der Waals surface area (Å²) in [6, 6.07) is 16.5. The molecular weight excluding hydrogens is 648 g/mol. The minimum atomic E-state index is -0.700. The number of amides is 2. The van der Waals surface area contributed by atoms with Crippen LogP contribution in [0.3, 0.4) is 0 Å². The number of nitrogens with one attached hydrogen (secondary N) is 5. The van der Waals surface area contributed by atoms with Crippen molar-refractivity contribution in [1.29, 1.82) is 5.41 Å². The summed E-state index contributed by atoms with van der Waals surface area (Å²) in [5.74, 6) is -0.0464. The van der Waals surface area contributed by atoms with E-state index in [-0.39, 0.29) is 29.7 Å². The lowest BCUT2D eigenvalue weighted by atomic mass is 10.1. The fraction of sp³-hybridized carbons (Fsp3) is 0.316. The smallest absolute Gasteiger partial charge is 0.413 e. The number of amidine groups is 1. The van der Waals surface area contributed by atoms with Crippen LogP contribution < -0.4 is 32.6 Å². The molecule has 0 aliphatic rings. The lowest BCUT2D eigenvalue weighted by Crippen LogP contribution is -2.31. The van der Waals surface area contributed by atoms with E-state index in [4.69, 9.17) is 20.7 Å². The summed E-state index contributed by atoms with van der Waals surface area (Å²) in [5.41, 5.74) is 9.95. The van der Waals surface area contributed by atoms with Crippen LogP contribution in [0.2, 0.25) is 0 Å². The summed E-state index contributed by atoms with van der Waals surface area (Å²) in [4.78, 5) is 49.7. The highest BCUT2D eigenvalue weighted by atomic mass is 16.5. The van der Waals surface area contributed by atoms with Crippen molar-refractivity contribution in [3.05, 3.63) is 124 Å². The van der Waals surface area contributed by atoms with Gasteiger partial charge in [-0.05, 0) is 49.6 Å². The first-order valence-electron chi connectivity index (χ1n) is 16.7.